The number of pyridine rings is 1. The van der Waals surface area contributed by atoms with Crippen molar-refractivity contribution in [3.05, 3.63) is 71.8 Å². The van der Waals surface area contributed by atoms with Crippen LogP contribution in [-0.4, -0.2) is 49.7 Å². The highest BCUT2D eigenvalue weighted by molar-refractivity contribution is 7.90. The molecule has 44 heavy (non-hydrogen) atoms. The summed E-state index contributed by atoms with van der Waals surface area (Å²) in [6, 6.07) is 13.3. The van der Waals surface area contributed by atoms with Gasteiger partial charge in [-0.3, -0.25) is 4.79 Å². The molecule has 1 aromatic heterocycles. The zero-order valence-electron chi connectivity index (χ0n) is 23.3. The first-order valence-electron chi connectivity index (χ1n) is 13.5. The first kappa shape index (κ1) is 31.6. The third-order valence-electron chi connectivity index (χ3n) is 7.82. The number of nitrogens with two attached hydrogens (primary N) is 1. The van der Waals surface area contributed by atoms with E-state index in [0.29, 0.717) is 5.56 Å². The summed E-state index contributed by atoms with van der Waals surface area (Å²) in [4.78, 5) is 18.8. The highest BCUT2D eigenvalue weighted by Gasteiger charge is 2.55. The Balaban J connectivity index is 1.33. The molecule has 3 N–H and O–H groups in total. The minimum Gasteiger partial charge on any atom is -0.477 e. The fourth-order valence-electron chi connectivity index (χ4n) is 4.93. The van der Waals surface area contributed by atoms with Crippen LogP contribution in [0.2, 0.25) is 0 Å². The fourth-order valence-corrected chi connectivity index (χ4v) is 5.94. The number of hydrogen-bond acceptors (Lipinski definition) is 7. The maximum Gasteiger partial charge on any atom is 0.416 e. The summed E-state index contributed by atoms with van der Waals surface area (Å²) in [5.74, 6) is -0.779. The molecule has 1 aliphatic heterocycles. The van der Waals surface area contributed by atoms with Crippen molar-refractivity contribution >= 4 is 21.7 Å². The van der Waals surface area contributed by atoms with Crippen molar-refractivity contribution in [1.82, 2.24) is 9.71 Å². The van der Waals surface area contributed by atoms with Gasteiger partial charge in [0, 0.05) is 31.5 Å². The number of hydrogen-bond donors (Lipinski definition) is 2. The summed E-state index contributed by atoms with van der Waals surface area (Å²) in [7, 11) is -4.54. The molecular weight excluding hydrogens is 614 g/mol. The van der Waals surface area contributed by atoms with E-state index in [0.717, 1.165) is 18.2 Å². The largest absolute Gasteiger partial charge is 0.477 e. The normalized spacial score (nSPS) is 18.0. The van der Waals surface area contributed by atoms with E-state index < -0.39 is 62.9 Å². The van der Waals surface area contributed by atoms with Crippen LogP contribution in [0.25, 0.3) is 11.1 Å². The molecule has 0 spiro atoms. The monoisotopic (exact) mass is 642 g/mol. The first-order chi connectivity index (χ1) is 20.4. The second-order valence-corrected chi connectivity index (χ2v) is 12.7. The van der Waals surface area contributed by atoms with Gasteiger partial charge >= 0.3 is 12.4 Å². The van der Waals surface area contributed by atoms with E-state index in [1.54, 1.807) is 25.1 Å². The van der Waals surface area contributed by atoms with Gasteiger partial charge in [0.25, 0.3) is 15.9 Å². The summed E-state index contributed by atoms with van der Waals surface area (Å²) in [6.07, 6.45) is -9.70. The van der Waals surface area contributed by atoms with Gasteiger partial charge in [0.05, 0.1) is 5.56 Å². The lowest BCUT2D eigenvalue weighted by molar-refractivity contribution is -0.191. The molecule has 2 aromatic carbocycles. The molecule has 1 saturated heterocycles. The predicted molar refractivity (Wildman–Crippen MR) is 148 cm³/mol. The smallest absolute Gasteiger partial charge is 0.416 e. The van der Waals surface area contributed by atoms with Crippen LogP contribution < -0.4 is 20.1 Å². The van der Waals surface area contributed by atoms with Gasteiger partial charge in [0.15, 0.2) is 10.6 Å². The summed E-state index contributed by atoms with van der Waals surface area (Å²) in [6.45, 7) is 1.51. The van der Waals surface area contributed by atoms with Crippen LogP contribution in [0.15, 0.2) is 65.7 Å². The first-order valence-corrected chi connectivity index (χ1v) is 15.0. The number of aryl methyl sites for hydroxylation is 1. The number of rotatable bonds is 7. The molecule has 8 nitrogen and oxygen atoms in total. The molecule has 1 saturated carbocycles. The van der Waals surface area contributed by atoms with Crippen LogP contribution in [-0.2, 0) is 21.0 Å². The van der Waals surface area contributed by atoms with Crippen molar-refractivity contribution in [3.63, 3.8) is 0 Å². The molecule has 2 fully saturated rings. The van der Waals surface area contributed by atoms with Crippen LogP contribution in [0, 0.1) is 6.92 Å². The Labute approximate surface area is 249 Å². The van der Waals surface area contributed by atoms with Crippen LogP contribution in [0.5, 0.6) is 5.75 Å². The lowest BCUT2D eigenvalue weighted by Crippen LogP contribution is -2.59. The predicted octanol–water partition coefficient (Wildman–Crippen LogP) is 5.35. The molecule has 5 rings (SSSR count). The van der Waals surface area contributed by atoms with Crippen molar-refractivity contribution < 1.29 is 44.3 Å². The molecule has 1 aliphatic carbocycles. The van der Waals surface area contributed by atoms with E-state index in [1.165, 1.54) is 29.2 Å². The Morgan fingerprint density at radius 2 is 1.61 bits per heavy atom. The van der Waals surface area contributed by atoms with Crippen molar-refractivity contribution in [2.45, 2.75) is 61.1 Å². The third kappa shape index (κ3) is 6.34. The van der Waals surface area contributed by atoms with Crippen LogP contribution >= 0.6 is 0 Å². The number of piperidine rings is 1. The van der Waals surface area contributed by atoms with Gasteiger partial charge in [-0.2, -0.15) is 34.8 Å². The lowest BCUT2D eigenvalue weighted by atomic mass is 9.88. The van der Waals surface area contributed by atoms with Gasteiger partial charge in [-0.15, -0.1) is 0 Å². The molecule has 0 bridgehead atoms. The van der Waals surface area contributed by atoms with Crippen molar-refractivity contribution in [2.24, 2.45) is 5.73 Å². The molecule has 0 unspecified atom stereocenters. The Kier molecular flexibility index (Phi) is 7.85. The number of halogens is 6. The number of aromatic nitrogens is 1. The molecule has 0 atom stereocenters. The molecule has 2 aliphatic rings. The van der Waals surface area contributed by atoms with Crippen molar-refractivity contribution in [2.75, 3.05) is 18.0 Å². The summed E-state index contributed by atoms with van der Waals surface area (Å²) in [5.41, 5.74) is 1.90. The number of benzene rings is 2. The number of amides is 1. The minimum absolute atomic E-state index is 0.104. The van der Waals surface area contributed by atoms with E-state index >= 15 is 0 Å². The molecule has 0 radical (unpaired) electrons. The number of sulfonamides is 1. The highest BCUT2D eigenvalue weighted by Crippen LogP contribution is 2.45. The summed E-state index contributed by atoms with van der Waals surface area (Å²) in [5, 5.41) is -0.528. The molecule has 3 aromatic rings. The van der Waals surface area contributed by atoms with Gasteiger partial charge in [-0.1, -0.05) is 30.3 Å². The number of nitrogens with zero attached hydrogens (tertiary/aromatic N) is 2. The van der Waals surface area contributed by atoms with Gasteiger partial charge in [0.2, 0.25) is 0 Å². The zero-order chi connectivity index (χ0) is 32.1. The number of anilines is 1. The molecular formula is C29H28F6N4O4S. The van der Waals surface area contributed by atoms with E-state index in [9.17, 15) is 39.6 Å². The number of alkyl halides is 6. The molecule has 2 heterocycles. The molecule has 15 heteroatoms. The van der Waals surface area contributed by atoms with E-state index in [4.69, 9.17) is 10.5 Å². The molecule has 236 valence electrons. The Hall–Kier alpha value is -3.85. The second kappa shape index (κ2) is 10.9. The van der Waals surface area contributed by atoms with Gasteiger partial charge in [-0.05, 0) is 61.2 Å². The topological polar surface area (TPSA) is 115 Å². The SMILES string of the molecule is Cc1ccc(-c2cccc(C(F)(F)F)c2)c(OC2(C(=O)NS(=O)(=O)c3cccc(N4CCC(N)(C(F)(F)F)CC4)n3)CC2)c1. The third-order valence-corrected chi connectivity index (χ3v) is 9.05. The Bertz CT molecular complexity index is 1680. The van der Waals surface area contributed by atoms with E-state index in [-0.39, 0.29) is 48.6 Å². The zero-order valence-corrected chi connectivity index (χ0v) is 24.1. The fraction of sp³-hybridized carbons (Fsp3) is 0.379. The molecule has 1 amide bonds. The number of carbonyl (C=O) groups excluding carboxylic acids is 1. The Morgan fingerprint density at radius 3 is 2.23 bits per heavy atom. The van der Waals surface area contributed by atoms with Crippen LogP contribution in [0.3, 0.4) is 0 Å². The maximum absolute atomic E-state index is 13.3. The van der Waals surface area contributed by atoms with E-state index in [1.807, 2.05) is 4.72 Å². The Morgan fingerprint density at radius 1 is 0.955 bits per heavy atom. The lowest BCUT2D eigenvalue weighted by Gasteiger charge is -2.40. The highest BCUT2D eigenvalue weighted by atomic mass is 32.2. The van der Waals surface area contributed by atoms with Crippen LogP contribution in [0.1, 0.15) is 36.8 Å². The second-order valence-electron chi connectivity index (χ2n) is 11.1. The minimum atomic E-state index is -4.59. The van der Waals surface area contributed by atoms with Crippen LogP contribution in [0.4, 0.5) is 32.2 Å². The van der Waals surface area contributed by atoms with Crippen molar-refractivity contribution in [1.29, 1.82) is 0 Å². The number of nitrogens with one attached hydrogen (secondary N) is 1. The number of carbonyl (C=O) groups is 1. The van der Waals surface area contributed by atoms with Gasteiger partial charge in [-0.25, -0.2) is 9.71 Å². The summed E-state index contributed by atoms with van der Waals surface area (Å²) >= 11 is 0. The quantitative estimate of drug-likeness (QED) is 0.334. The van der Waals surface area contributed by atoms with E-state index in [2.05, 4.69) is 4.98 Å². The van der Waals surface area contributed by atoms with Gasteiger partial charge < -0.3 is 15.4 Å². The average Bonchev–Trinajstić information content (AvgIpc) is 3.73. The van der Waals surface area contributed by atoms with Gasteiger partial charge in [0.1, 0.15) is 17.1 Å². The summed E-state index contributed by atoms with van der Waals surface area (Å²) < 4.78 is 114. The average molecular weight is 643 g/mol. The maximum atomic E-state index is 13.3. The van der Waals surface area contributed by atoms with Crippen molar-refractivity contribution in [3.8, 4) is 16.9 Å². The standard InChI is InChI=1S/C29H28F6N4O4S/c1-18-8-9-21(19-4-2-5-20(17-19)28(30,31)32)22(16-18)43-26(10-11-26)25(40)38-44(41,42)24-7-3-6-23(37-24)39-14-12-27(36,13-15-39)29(33,34)35/h2-9,16-17H,10-15,36H2,1H3,(H,38,40). The number of ether oxygens (including phenoxy) is 1.